The number of aromatic nitrogens is 1. The highest BCUT2D eigenvalue weighted by Gasteiger charge is 2.28. The van der Waals surface area contributed by atoms with E-state index in [9.17, 15) is 4.79 Å². The van der Waals surface area contributed by atoms with Crippen LogP contribution in [0.4, 0.5) is 0 Å². The van der Waals surface area contributed by atoms with Gasteiger partial charge in [-0.2, -0.15) is 0 Å². The van der Waals surface area contributed by atoms with E-state index >= 15 is 0 Å². The fraction of sp³-hybridized carbons (Fsp3) is 0.200. The number of pyridine rings is 1. The molecule has 0 bridgehead atoms. The molecule has 0 N–H and O–H groups in total. The quantitative estimate of drug-likeness (QED) is 0.319. The number of nitrogens with zero attached hydrogens (tertiary/aromatic N) is 2. The molecule has 35 heavy (non-hydrogen) atoms. The highest BCUT2D eigenvalue weighted by atomic mass is 16.5. The third-order valence-electron chi connectivity index (χ3n) is 6.49. The van der Waals surface area contributed by atoms with Crippen LogP contribution in [-0.2, 0) is 19.5 Å². The van der Waals surface area contributed by atoms with Gasteiger partial charge in [-0.3, -0.25) is 9.69 Å². The van der Waals surface area contributed by atoms with Crippen LogP contribution in [-0.4, -0.2) is 35.9 Å². The normalized spacial score (nSPS) is 14.7. The summed E-state index contributed by atoms with van der Waals surface area (Å²) in [7, 11) is 1.52. The van der Waals surface area contributed by atoms with Gasteiger partial charge in [-0.25, -0.2) is 4.98 Å². The standard InChI is InChI=1S/C30H28N2O3/c1-34-30-25(20-33)15-24(17-31-30)27-13-8-14-29-28(27)16-26(21-35-29)32(18-22-9-4-2-5-10-22)19-23-11-6-3-7-12-23/h2-15,17,20,26H,16,18-19,21H2,1H3. The summed E-state index contributed by atoms with van der Waals surface area (Å²) >= 11 is 0. The van der Waals surface area contributed by atoms with Crippen LogP contribution in [0, 0.1) is 0 Å². The Morgan fingerprint density at radius 1 is 0.971 bits per heavy atom. The number of fused-ring (bicyclic) bond motifs is 1. The Labute approximate surface area is 206 Å². The first-order valence-electron chi connectivity index (χ1n) is 11.8. The van der Waals surface area contributed by atoms with Gasteiger partial charge in [0.15, 0.2) is 6.29 Å². The lowest BCUT2D eigenvalue weighted by Gasteiger charge is -2.36. The maximum absolute atomic E-state index is 11.6. The maximum atomic E-state index is 11.6. The average Bonchev–Trinajstić information content (AvgIpc) is 2.93. The Bertz CT molecular complexity index is 1250. The first-order chi connectivity index (χ1) is 17.2. The van der Waals surface area contributed by atoms with Gasteiger partial charge >= 0.3 is 0 Å². The molecule has 1 aliphatic rings. The fourth-order valence-electron chi connectivity index (χ4n) is 4.72. The minimum atomic E-state index is 0.195. The van der Waals surface area contributed by atoms with Crippen molar-refractivity contribution in [1.29, 1.82) is 0 Å². The molecule has 2 heterocycles. The van der Waals surface area contributed by atoms with E-state index in [1.807, 2.05) is 30.3 Å². The van der Waals surface area contributed by atoms with E-state index in [4.69, 9.17) is 9.47 Å². The van der Waals surface area contributed by atoms with Crippen molar-refractivity contribution in [3.8, 4) is 22.8 Å². The molecule has 5 nitrogen and oxygen atoms in total. The van der Waals surface area contributed by atoms with Gasteiger partial charge in [0.2, 0.25) is 5.88 Å². The molecule has 1 aromatic heterocycles. The zero-order valence-corrected chi connectivity index (χ0v) is 19.8. The molecule has 0 radical (unpaired) electrons. The lowest BCUT2D eigenvalue weighted by atomic mass is 9.92. The molecule has 0 fully saturated rings. The number of carbonyl (C=O) groups excluding carboxylic acids is 1. The van der Waals surface area contributed by atoms with Crippen molar-refractivity contribution in [3.05, 3.63) is 113 Å². The summed E-state index contributed by atoms with van der Waals surface area (Å²) in [6, 6.07) is 29.2. The summed E-state index contributed by atoms with van der Waals surface area (Å²) in [6.45, 7) is 2.29. The van der Waals surface area contributed by atoms with Crippen molar-refractivity contribution in [2.45, 2.75) is 25.6 Å². The Morgan fingerprint density at radius 2 is 1.66 bits per heavy atom. The molecule has 1 unspecified atom stereocenters. The summed E-state index contributed by atoms with van der Waals surface area (Å²) < 4.78 is 11.5. The number of aldehydes is 1. The zero-order valence-electron chi connectivity index (χ0n) is 19.8. The van der Waals surface area contributed by atoms with Crippen molar-refractivity contribution in [2.24, 2.45) is 0 Å². The van der Waals surface area contributed by atoms with E-state index in [-0.39, 0.29) is 6.04 Å². The molecule has 0 amide bonds. The van der Waals surface area contributed by atoms with Crippen LogP contribution in [0.3, 0.4) is 0 Å². The van der Waals surface area contributed by atoms with E-state index in [0.717, 1.165) is 48.2 Å². The Balaban J connectivity index is 1.48. The molecule has 0 saturated carbocycles. The highest BCUT2D eigenvalue weighted by molar-refractivity contribution is 5.82. The van der Waals surface area contributed by atoms with Crippen molar-refractivity contribution in [3.63, 3.8) is 0 Å². The van der Waals surface area contributed by atoms with Crippen LogP contribution < -0.4 is 9.47 Å². The fourth-order valence-corrected chi connectivity index (χ4v) is 4.72. The van der Waals surface area contributed by atoms with E-state index in [2.05, 4.69) is 64.5 Å². The maximum Gasteiger partial charge on any atom is 0.223 e. The number of hydrogen-bond donors (Lipinski definition) is 0. The second kappa shape index (κ2) is 10.5. The topological polar surface area (TPSA) is 51.7 Å². The molecule has 0 saturated heterocycles. The molecule has 3 aromatic carbocycles. The predicted molar refractivity (Wildman–Crippen MR) is 137 cm³/mol. The molecule has 0 spiro atoms. The average molecular weight is 465 g/mol. The van der Waals surface area contributed by atoms with E-state index in [1.165, 1.54) is 18.2 Å². The van der Waals surface area contributed by atoms with E-state index < -0.39 is 0 Å². The Kier molecular flexibility index (Phi) is 6.87. The summed E-state index contributed by atoms with van der Waals surface area (Å²) in [5.74, 6) is 1.22. The van der Waals surface area contributed by atoms with Gasteiger partial charge < -0.3 is 9.47 Å². The zero-order chi connectivity index (χ0) is 24.0. The third-order valence-corrected chi connectivity index (χ3v) is 6.49. The van der Waals surface area contributed by atoms with Gasteiger partial charge in [0.25, 0.3) is 0 Å². The highest BCUT2D eigenvalue weighted by Crippen LogP contribution is 2.36. The van der Waals surface area contributed by atoms with Gasteiger partial charge in [-0.1, -0.05) is 72.8 Å². The molecule has 4 aromatic rings. The van der Waals surface area contributed by atoms with Crippen molar-refractivity contribution >= 4 is 6.29 Å². The third kappa shape index (κ3) is 5.10. The number of ether oxygens (including phenoxy) is 2. The summed E-state index contributed by atoms with van der Waals surface area (Å²) in [5.41, 5.74) is 6.04. The second-order valence-electron chi connectivity index (χ2n) is 8.77. The van der Waals surface area contributed by atoms with Gasteiger partial charge in [0, 0.05) is 36.5 Å². The number of hydrogen-bond acceptors (Lipinski definition) is 5. The van der Waals surface area contributed by atoms with Crippen LogP contribution in [0.15, 0.2) is 91.1 Å². The van der Waals surface area contributed by atoms with Crippen LogP contribution >= 0.6 is 0 Å². The lowest BCUT2D eigenvalue weighted by Crippen LogP contribution is -2.42. The Morgan fingerprint density at radius 3 is 2.29 bits per heavy atom. The molecular weight excluding hydrogens is 436 g/mol. The van der Waals surface area contributed by atoms with Crippen LogP contribution in [0.1, 0.15) is 27.0 Å². The summed E-state index contributed by atoms with van der Waals surface area (Å²) in [5, 5.41) is 0. The Hall–Kier alpha value is -3.96. The molecule has 1 aliphatic heterocycles. The molecule has 176 valence electrons. The van der Waals surface area contributed by atoms with E-state index in [0.29, 0.717) is 18.1 Å². The van der Waals surface area contributed by atoms with E-state index in [1.54, 1.807) is 6.20 Å². The first kappa shape index (κ1) is 22.8. The molecule has 5 rings (SSSR count). The van der Waals surface area contributed by atoms with Crippen LogP contribution in [0.5, 0.6) is 11.6 Å². The predicted octanol–water partition coefficient (Wildman–Crippen LogP) is 5.58. The second-order valence-corrected chi connectivity index (χ2v) is 8.77. The molecule has 1 atom stereocenters. The van der Waals surface area contributed by atoms with Gasteiger partial charge in [0.05, 0.1) is 12.7 Å². The van der Waals surface area contributed by atoms with Gasteiger partial charge in [0.1, 0.15) is 12.4 Å². The first-order valence-corrected chi connectivity index (χ1v) is 11.8. The number of methoxy groups -OCH3 is 1. The monoisotopic (exact) mass is 464 g/mol. The minimum Gasteiger partial charge on any atom is -0.492 e. The SMILES string of the molecule is COc1ncc(-c2cccc3c2CC(N(Cc2ccccc2)Cc2ccccc2)CO3)cc1C=O. The largest absolute Gasteiger partial charge is 0.492 e. The number of rotatable bonds is 8. The minimum absolute atomic E-state index is 0.195. The molecule has 5 heteroatoms. The van der Waals surface area contributed by atoms with Crippen molar-refractivity contribution < 1.29 is 14.3 Å². The summed E-state index contributed by atoms with van der Waals surface area (Å²) in [4.78, 5) is 18.4. The lowest BCUT2D eigenvalue weighted by molar-refractivity contribution is 0.106. The molecular formula is C30H28N2O3. The van der Waals surface area contributed by atoms with Gasteiger partial charge in [-0.05, 0) is 35.2 Å². The summed E-state index contributed by atoms with van der Waals surface area (Å²) in [6.07, 6.45) is 3.38. The smallest absolute Gasteiger partial charge is 0.223 e. The number of carbonyl (C=O) groups is 1. The van der Waals surface area contributed by atoms with Crippen LogP contribution in [0.2, 0.25) is 0 Å². The van der Waals surface area contributed by atoms with Crippen LogP contribution in [0.25, 0.3) is 11.1 Å². The van der Waals surface area contributed by atoms with Crippen molar-refractivity contribution in [2.75, 3.05) is 13.7 Å². The van der Waals surface area contributed by atoms with Gasteiger partial charge in [-0.15, -0.1) is 0 Å². The molecule has 0 aliphatic carbocycles. The van der Waals surface area contributed by atoms with Crippen molar-refractivity contribution in [1.82, 2.24) is 9.88 Å². The number of benzene rings is 3.